The summed E-state index contributed by atoms with van der Waals surface area (Å²) in [6.07, 6.45) is -0.151. The first-order valence-electron chi connectivity index (χ1n) is 6.89. The van der Waals surface area contributed by atoms with E-state index in [4.69, 9.17) is 0 Å². The van der Waals surface area contributed by atoms with Gasteiger partial charge in [0.2, 0.25) is 0 Å². The number of alkyl halides is 3. The van der Waals surface area contributed by atoms with Crippen LogP contribution in [0.5, 0.6) is 0 Å². The number of nitrogens with zero attached hydrogens (tertiary/aromatic N) is 2. The van der Waals surface area contributed by atoms with Crippen LogP contribution in [0.1, 0.15) is 17.0 Å². The maximum Gasteiger partial charge on any atom is 0.431 e. The van der Waals surface area contributed by atoms with Gasteiger partial charge in [-0.2, -0.15) is 23.3 Å². The third-order valence-electron chi connectivity index (χ3n) is 3.22. The molecule has 5 nitrogen and oxygen atoms in total. The molecule has 1 aromatic carbocycles. The van der Waals surface area contributed by atoms with Crippen LogP contribution in [0.25, 0.3) is 23.4 Å². The van der Waals surface area contributed by atoms with Crippen molar-refractivity contribution in [1.29, 1.82) is 0 Å². The fraction of sp³-hybridized carbons (Fsp3) is 0.0625. The summed E-state index contributed by atoms with van der Waals surface area (Å²) in [5.41, 5.74) is -0.123. The fourth-order valence-electron chi connectivity index (χ4n) is 2.14. The van der Waals surface area contributed by atoms with E-state index in [0.717, 1.165) is 11.6 Å². The van der Waals surface area contributed by atoms with Gasteiger partial charge in [-0.3, -0.25) is 5.10 Å². The van der Waals surface area contributed by atoms with Gasteiger partial charge >= 0.3 is 11.9 Å². The molecule has 0 aliphatic heterocycles. The minimum atomic E-state index is -4.64. The van der Waals surface area contributed by atoms with Crippen LogP contribution in [0.2, 0.25) is 0 Å². The first kappa shape index (κ1) is 15.7. The predicted octanol–water partition coefficient (Wildman–Crippen LogP) is 3.35. The van der Waals surface area contributed by atoms with Crippen LogP contribution in [0.4, 0.5) is 13.2 Å². The van der Waals surface area contributed by atoms with E-state index in [1.54, 1.807) is 17.3 Å². The number of aromatic amines is 2. The third-order valence-corrected chi connectivity index (χ3v) is 3.22. The van der Waals surface area contributed by atoms with Gasteiger partial charge in [0, 0.05) is 17.3 Å². The highest BCUT2D eigenvalue weighted by Crippen LogP contribution is 2.27. The summed E-state index contributed by atoms with van der Waals surface area (Å²) in [6, 6.07) is 10.1. The lowest BCUT2D eigenvalue weighted by molar-refractivity contribution is -0.141. The first-order valence-corrected chi connectivity index (χ1v) is 6.89. The molecular weight excluding hydrogens is 321 g/mol. The molecule has 2 N–H and O–H groups in total. The summed E-state index contributed by atoms with van der Waals surface area (Å²) < 4.78 is 38.1. The molecule has 0 radical (unpaired) electrons. The van der Waals surface area contributed by atoms with Crippen LogP contribution in [0.3, 0.4) is 0 Å². The second kappa shape index (κ2) is 6.15. The SMILES string of the molecule is O=c1nc(C=Cc2c[nH]nc2-c2ccccc2)cc(C(F)(F)F)[nH]1. The standard InChI is InChI=1S/C16H11F3N4O/c17-16(18,19)13-8-12(21-15(24)22-13)7-6-11-9-20-23-14(11)10-4-2-1-3-5-10/h1-9H,(H,20,23)(H,21,22,24). The van der Waals surface area contributed by atoms with Crippen LogP contribution < -0.4 is 5.69 Å². The van der Waals surface area contributed by atoms with E-state index < -0.39 is 17.6 Å². The summed E-state index contributed by atoms with van der Waals surface area (Å²) >= 11 is 0. The molecule has 0 aliphatic rings. The molecule has 24 heavy (non-hydrogen) atoms. The van der Waals surface area contributed by atoms with Crippen LogP contribution in [0.15, 0.2) is 47.4 Å². The van der Waals surface area contributed by atoms with Gasteiger partial charge in [-0.25, -0.2) is 4.79 Å². The lowest BCUT2D eigenvalue weighted by Crippen LogP contribution is -2.19. The Hall–Kier alpha value is -3.16. The molecule has 122 valence electrons. The average molecular weight is 332 g/mol. The number of H-pyrrole nitrogens is 2. The third kappa shape index (κ3) is 3.43. The number of benzene rings is 1. The van der Waals surface area contributed by atoms with Gasteiger partial charge in [0.25, 0.3) is 0 Å². The second-order valence-electron chi connectivity index (χ2n) is 4.91. The van der Waals surface area contributed by atoms with Crippen molar-refractivity contribution >= 4 is 12.2 Å². The van der Waals surface area contributed by atoms with E-state index in [9.17, 15) is 18.0 Å². The highest BCUT2D eigenvalue weighted by molar-refractivity contribution is 5.77. The van der Waals surface area contributed by atoms with Gasteiger partial charge in [0.15, 0.2) is 0 Å². The molecule has 0 saturated carbocycles. The van der Waals surface area contributed by atoms with Crippen molar-refractivity contribution in [2.24, 2.45) is 0 Å². The summed E-state index contributed by atoms with van der Waals surface area (Å²) in [6.45, 7) is 0. The molecule has 0 spiro atoms. The van der Waals surface area contributed by atoms with Crippen molar-refractivity contribution in [3.63, 3.8) is 0 Å². The van der Waals surface area contributed by atoms with Crippen molar-refractivity contribution in [1.82, 2.24) is 20.2 Å². The Morgan fingerprint density at radius 2 is 1.83 bits per heavy atom. The minimum Gasteiger partial charge on any atom is -0.302 e. The fourth-order valence-corrected chi connectivity index (χ4v) is 2.14. The van der Waals surface area contributed by atoms with E-state index in [1.807, 2.05) is 30.3 Å². The molecule has 0 atom stereocenters. The van der Waals surface area contributed by atoms with Gasteiger partial charge in [0.05, 0.1) is 11.4 Å². The zero-order valence-corrected chi connectivity index (χ0v) is 12.1. The van der Waals surface area contributed by atoms with Crippen LogP contribution >= 0.6 is 0 Å². The molecule has 0 amide bonds. The largest absolute Gasteiger partial charge is 0.431 e. The first-order chi connectivity index (χ1) is 11.4. The van der Waals surface area contributed by atoms with Crippen molar-refractivity contribution in [3.8, 4) is 11.3 Å². The summed E-state index contributed by atoms with van der Waals surface area (Å²) in [5.74, 6) is 0. The number of aromatic nitrogens is 4. The minimum absolute atomic E-state index is 0.0914. The number of rotatable bonds is 3. The van der Waals surface area contributed by atoms with E-state index in [1.165, 1.54) is 6.08 Å². The van der Waals surface area contributed by atoms with Gasteiger partial charge in [-0.05, 0) is 18.2 Å². The second-order valence-corrected chi connectivity index (χ2v) is 4.91. The number of hydrogen-bond acceptors (Lipinski definition) is 3. The van der Waals surface area contributed by atoms with Gasteiger partial charge in [-0.1, -0.05) is 30.3 Å². The van der Waals surface area contributed by atoms with E-state index in [0.29, 0.717) is 11.3 Å². The topological polar surface area (TPSA) is 74.4 Å². The molecule has 3 aromatic rings. The molecule has 3 rings (SSSR count). The Kier molecular flexibility index (Phi) is 4.03. The van der Waals surface area contributed by atoms with Gasteiger partial charge in [0.1, 0.15) is 5.69 Å². The normalized spacial score (nSPS) is 12.0. The Labute approximate surface area is 133 Å². The molecule has 0 bridgehead atoms. The van der Waals surface area contributed by atoms with Crippen molar-refractivity contribution in [3.05, 3.63) is 70.0 Å². The highest BCUT2D eigenvalue weighted by atomic mass is 19.4. The molecular formula is C16H11F3N4O. The maximum absolute atomic E-state index is 12.7. The quantitative estimate of drug-likeness (QED) is 0.772. The van der Waals surface area contributed by atoms with Crippen LogP contribution in [-0.2, 0) is 6.18 Å². The molecule has 0 aliphatic carbocycles. The van der Waals surface area contributed by atoms with Gasteiger partial charge in [-0.15, -0.1) is 0 Å². The van der Waals surface area contributed by atoms with Crippen molar-refractivity contribution in [2.45, 2.75) is 6.18 Å². The van der Waals surface area contributed by atoms with E-state index in [2.05, 4.69) is 15.2 Å². The highest BCUT2D eigenvalue weighted by Gasteiger charge is 2.32. The van der Waals surface area contributed by atoms with Crippen molar-refractivity contribution in [2.75, 3.05) is 0 Å². The Bertz CT molecular complexity index is 926. The zero-order valence-electron chi connectivity index (χ0n) is 12.1. The Morgan fingerprint density at radius 3 is 2.54 bits per heavy atom. The lowest BCUT2D eigenvalue weighted by atomic mass is 10.1. The lowest BCUT2D eigenvalue weighted by Gasteiger charge is -2.05. The number of nitrogens with one attached hydrogen (secondary N) is 2. The summed E-state index contributed by atoms with van der Waals surface area (Å²) in [5, 5.41) is 6.84. The molecule has 0 fully saturated rings. The van der Waals surface area contributed by atoms with Crippen LogP contribution in [0, 0.1) is 0 Å². The summed E-state index contributed by atoms with van der Waals surface area (Å²) in [7, 11) is 0. The maximum atomic E-state index is 12.7. The van der Waals surface area contributed by atoms with E-state index >= 15 is 0 Å². The molecule has 8 heteroatoms. The average Bonchev–Trinajstić information content (AvgIpc) is 3.01. The smallest absolute Gasteiger partial charge is 0.302 e. The monoisotopic (exact) mass is 332 g/mol. The molecule has 2 heterocycles. The molecule has 0 saturated heterocycles. The van der Waals surface area contributed by atoms with Crippen molar-refractivity contribution < 1.29 is 13.2 Å². The molecule has 2 aromatic heterocycles. The predicted molar refractivity (Wildman–Crippen MR) is 82.8 cm³/mol. The zero-order chi connectivity index (χ0) is 17.2. The Balaban J connectivity index is 1.95. The van der Waals surface area contributed by atoms with Gasteiger partial charge < -0.3 is 4.98 Å². The van der Waals surface area contributed by atoms with E-state index in [-0.39, 0.29) is 5.69 Å². The number of hydrogen-bond donors (Lipinski definition) is 2. The van der Waals surface area contributed by atoms with Crippen LogP contribution in [-0.4, -0.2) is 20.2 Å². The number of halogens is 3. The molecule has 0 unspecified atom stereocenters. The summed E-state index contributed by atoms with van der Waals surface area (Å²) in [4.78, 5) is 16.5. The Morgan fingerprint density at radius 1 is 1.08 bits per heavy atom.